The molecule has 2 aliphatic rings. The first kappa shape index (κ1) is 14.0. The van der Waals surface area contributed by atoms with Crippen LogP contribution in [0.2, 0.25) is 0 Å². The van der Waals surface area contributed by atoms with Crippen molar-refractivity contribution in [3.63, 3.8) is 0 Å². The average Bonchev–Trinajstić information content (AvgIpc) is 2.48. The highest BCUT2D eigenvalue weighted by Gasteiger charge is 2.35. The third-order valence-corrected chi connectivity index (χ3v) is 4.43. The molecule has 1 unspecified atom stereocenters. The Bertz CT molecular complexity index is 682. The van der Waals surface area contributed by atoms with Crippen molar-refractivity contribution in [3.05, 3.63) is 57.8 Å². The summed E-state index contributed by atoms with van der Waals surface area (Å²) in [6.07, 6.45) is 2.97. The predicted molar refractivity (Wildman–Crippen MR) is 84.3 cm³/mol. The number of allylic oxidation sites excluding steroid dienone is 3. The van der Waals surface area contributed by atoms with Gasteiger partial charge in [-0.2, -0.15) is 5.26 Å². The molecule has 1 aromatic carbocycles. The van der Waals surface area contributed by atoms with Crippen molar-refractivity contribution >= 4 is 18.4 Å². The van der Waals surface area contributed by atoms with Crippen LogP contribution in [0.1, 0.15) is 24.8 Å². The number of benzene rings is 1. The van der Waals surface area contributed by atoms with E-state index in [4.69, 9.17) is 0 Å². The molecule has 4 heteroatoms. The van der Waals surface area contributed by atoms with Gasteiger partial charge in [-0.15, -0.1) is 12.6 Å². The fraction of sp³-hybridized carbons (Fsp3) is 0.294. The van der Waals surface area contributed by atoms with Gasteiger partial charge in [-0.25, -0.2) is 0 Å². The normalized spacial score (nSPS) is 21.7. The van der Waals surface area contributed by atoms with E-state index in [1.807, 2.05) is 30.3 Å². The molecule has 0 saturated heterocycles. The number of dihydropyridines is 1. The zero-order chi connectivity index (χ0) is 14.8. The van der Waals surface area contributed by atoms with Crippen LogP contribution >= 0.6 is 12.6 Å². The first-order valence-corrected chi connectivity index (χ1v) is 7.56. The molecule has 0 radical (unpaired) electrons. The quantitative estimate of drug-likeness (QED) is 0.824. The lowest BCUT2D eigenvalue weighted by Crippen LogP contribution is -2.32. The molecule has 1 N–H and O–H groups in total. The fourth-order valence-corrected chi connectivity index (χ4v) is 3.44. The van der Waals surface area contributed by atoms with Crippen LogP contribution in [0.4, 0.5) is 0 Å². The molecule has 1 aliphatic heterocycles. The highest BCUT2D eigenvalue weighted by Crippen LogP contribution is 2.38. The molecule has 0 spiro atoms. The SMILES string of the molecule is N#CC1=C(S)NC2=C(C(=O)CCC2)C1Cc1ccccc1. The molecule has 106 valence electrons. The number of thiol groups is 1. The van der Waals surface area contributed by atoms with Gasteiger partial charge in [0.15, 0.2) is 5.78 Å². The Kier molecular flexibility index (Phi) is 3.85. The Morgan fingerprint density at radius 1 is 1.29 bits per heavy atom. The van der Waals surface area contributed by atoms with Gasteiger partial charge in [-0.1, -0.05) is 30.3 Å². The molecular formula is C17H16N2OS. The molecule has 1 aliphatic carbocycles. The Hall–Kier alpha value is -1.99. The van der Waals surface area contributed by atoms with Gasteiger partial charge in [0.1, 0.15) is 0 Å². The van der Waals surface area contributed by atoms with Gasteiger partial charge in [-0.05, 0) is 24.8 Å². The topological polar surface area (TPSA) is 52.9 Å². The lowest BCUT2D eigenvalue weighted by atomic mass is 9.77. The second kappa shape index (κ2) is 5.79. The zero-order valence-corrected chi connectivity index (χ0v) is 12.5. The van der Waals surface area contributed by atoms with E-state index in [2.05, 4.69) is 24.0 Å². The van der Waals surface area contributed by atoms with Crippen molar-refractivity contribution in [1.82, 2.24) is 5.32 Å². The van der Waals surface area contributed by atoms with Crippen molar-refractivity contribution in [2.24, 2.45) is 5.92 Å². The molecule has 3 rings (SSSR count). The van der Waals surface area contributed by atoms with Gasteiger partial charge in [0.2, 0.25) is 0 Å². The number of carbonyl (C=O) groups is 1. The molecule has 0 fully saturated rings. The van der Waals surface area contributed by atoms with Gasteiger partial charge < -0.3 is 5.32 Å². The summed E-state index contributed by atoms with van der Waals surface area (Å²) >= 11 is 4.41. The minimum atomic E-state index is -0.172. The average molecular weight is 296 g/mol. The number of rotatable bonds is 2. The Morgan fingerprint density at radius 3 is 2.76 bits per heavy atom. The van der Waals surface area contributed by atoms with E-state index in [1.165, 1.54) is 0 Å². The lowest BCUT2D eigenvalue weighted by Gasteiger charge is -2.32. The second-order valence-electron chi connectivity index (χ2n) is 5.41. The van der Waals surface area contributed by atoms with E-state index in [-0.39, 0.29) is 11.7 Å². The van der Waals surface area contributed by atoms with E-state index in [9.17, 15) is 10.1 Å². The first-order valence-electron chi connectivity index (χ1n) is 7.11. The van der Waals surface area contributed by atoms with Crippen molar-refractivity contribution in [3.8, 4) is 6.07 Å². The van der Waals surface area contributed by atoms with E-state index in [0.29, 0.717) is 23.4 Å². The number of hydrogen-bond acceptors (Lipinski definition) is 4. The van der Waals surface area contributed by atoms with Crippen LogP contribution in [0, 0.1) is 17.2 Å². The third kappa shape index (κ3) is 2.62. The smallest absolute Gasteiger partial charge is 0.161 e. The van der Waals surface area contributed by atoms with Crippen molar-refractivity contribution in [2.45, 2.75) is 25.7 Å². The second-order valence-corrected chi connectivity index (χ2v) is 5.86. The lowest BCUT2D eigenvalue weighted by molar-refractivity contribution is -0.116. The summed E-state index contributed by atoms with van der Waals surface area (Å²) < 4.78 is 0. The van der Waals surface area contributed by atoms with Gasteiger partial charge in [0.25, 0.3) is 0 Å². The Labute approximate surface area is 129 Å². The summed E-state index contributed by atoms with van der Waals surface area (Å²) in [7, 11) is 0. The number of nitrogens with zero attached hydrogens (tertiary/aromatic N) is 1. The summed E-state index contributed by atoms with van der Waals surface area (Å²) in [5.41, 5.74) is 3.44. The monoisotopic (exact) mass is 296 g/mol. The first-order chi connectivity index (χ1) is 10.2. The largest absolute Gasteiger partial charge is 0.353 e. The summed E-state index contributed by atoms with van der Waals surface area (Å²) in [5, 5.41) is 13.2. The molecule has 0 aromatic heterocycles. The third-order valence-electron chi connectivity index (χ3n) is 4.08. The van der Waals surface area contributed by atoms with Crippen LogP contribution in [0.25, 0.3) is 0 Å². The molecule has 1 heterocycles. The maximum absolute atomic E-state index is 12.3. The summed E-state index contributed by atoms with van der Waals surface area (Å²) in [6.45, 7) is 0. The van der Waals surface area contributed by atoms with Gasteiger partial charge in [-0.3, -0.25) is 4.79 Å². The van der Waals surface area contributed by atoms with E-state index >= 15 is 0 Å². The molecule has 0 bridgehead atoms. The number of carbonyl (C=O) groups excluding carboxylic acids is 1. The number of nitrogens with one attached hydrogen (secondary N) is 1. The molecule has 21 heavy (non-hydrogen) atoms. The number of nitriles is 1. The zero-order valence-electron chi connectivity index (χ0n) is 11.6. The molecule has 1 aromatic rings. The Balaban J connectivity index is 2.03. The minimum absolute atomic E-state index is 0.165. The number of Topliss-reactive ketones (excluding diaryl/α,β-unsaturated/α-hetero) is 1. The van der Waals surface area contributed by atoms with Crippen LogP contribution in [0.3, 0.4) is 0 Å². The fourth-order valence-electron chi connectivity index (χ4n) is 3.10. The van der Waals surface area contributed by atoms with Gasteiger partial charge >= 0.3 is 0 Å². The molecule has 0 amide bonds. The van der Waals surface area contributed by atoms with Crippen LogP contribution in [-0.2, 0) is 11.2 Å². The highest BCUT2D eigenvalue weighted by molar-refractivity contribution is 7.84. The van der Waals surface area contributed by atoms with Crippen molar-refractivity contribution < 1.29 is 4.79 Å². The maximum Gasteiger partial charge on any atom is 0.161 e. The van der Waals surface area contributed by atoms with Crippen LogP contribution < -0.4 is 5.32 Å². The minimum Gasteiger partial charge on any atom is -0.353 e. The van der Waals surface area contributed by atoms with Crippen LogP contribution in [0.15, 0.2) is 52.2 Å². The summed E-state index contributed by atoms with van der Waals surface area (Å²) in [5.74, 6) is -0.00721. The number of hydrogen-bond donors (Lipinski definition) is 2. The molecule has 1 atom stereocenters. The molecule has 0 saturated carbocycles. The number of ketones is 1. The summed E-state index contributed by atoms with van der Waals surface area (Å²) in [4.78, 5) is 12.3. The van der Waals surface area contributed by atoms with Gasteiger partial charge in [0.05, 0.1) is 16.7 Å². The van der Waals surface area contributed by atoms with E-state index in [0.717, 1.165) is 29.7 Å². The summed E-state index contributed by atoms with van der Waals surface area (Å²) in [6, 6.07) is 12.2. The molecule has 3 nitrogen and oxygen atoms in total. The van der Waals surface area contributed by atoms with Crippen LogP contribution in [-0.4, -0.2) is 5.78 Å². The van der Waals surface area contributed by atoms with Crippen molar-refractivity contribution in [1.29, 1.82) is 5.26 Å². The standard InChI is InChI=1S/C17H16N2OS/c18-10-13-12(9-11-5-2-1-3-6-11)16-14(19-17(13)21)7-4-8-15(16)20/h1-3,5-6,12,19,21H,4,7-9H2. The van der Waals surface area contributed by atoms with E-state index < -0.39 is 0 Å². The van der Waals surface area contributed by atoms with Crippen LogP contribution in [0.5, 0.6) is 0 Å². The maximum atomic E-state index is 12.3. The predicted octanol–water partition coefficient (Wildman–Crippen LogP) is 3.12. The highest BCUT2D eigenvalue weighted by atomic mass is 32.1. The molecular weight excluding hydrogens is 280 g/mol. The Morgan fingerprint density at radius 2 is 2.05 bits per heavy atom. The van der Waals surface area contributed by atoms with Gasteiger partial charge in [0, 0.05) is 23.6 Å². The van der Waals surface area contributed by atoms with Crippen molar-refractivity contribution in [2.75, 3.05) is 0 Å². The van der Waals surface area contributed by atoms with E-state index in [1.54, 1.807) is 0 Å².